The number of rotatable bonds is 8. The lowest BCUT2D eigenvalue weighted by Gasteiger charge is -2.13. The molecule has 0 unspecified atom stereocenters. The third kappa shape index (κ3) is 4.88. The van der Waals surface area contributed by atoms with Crippen LogP contribution in [0.4, 0.5) is 0 Å². The maximum atomic E-state index is 12.8. The summed E-state index contributed by atoms with van der Waals surface area (Å²) in [5.74, 6) is -1.11. The first-order chi connectivity index (χ1) is 15.3. The van der Waals surface area contributed by atoms with E-state index in [1.165, 1.54) is 26.4 Å². The average Bonchev–Trinajstić information content (AvgIpc) is 3.16. The highest BCUT2D eigenvalue weighted by Crippen LogP contribution is 2.25. The fourth-order valence-corrected chi connectivity index (χ4v) is 4.03. The Morgan fingerprint density at radius 2 is 1.72 bits per heavy atom. The zero-order chi connectivity index (χ0) is 23.3. The van der Waals surface area contributed by atoms with E-state index in [1.54, 1.807) is 54.6 Å². The van der Waals surface area contributed by atoms with Crippen LogP contribution >= 0.6 is 0 Å². The fraction of sp³-hybridized carbons (Fsp3) is 0.182. The fourth-order valence-electron chi connectivity index (χ4n) is 3.02. The van der Waals surface area contributed by atoms with Gasteiger partial charge in [-0.25, -0.2) is 3.97 Å². The highest BCUT2D eigenvalue weighted by Gasteiger charge is 2.21. The number of hydrogen-bond acceptors (Lipinski definition) is 5. The molecule has 10 heteroatoms. The second-order valence-corrected chi connectivity index (χ2v) is 9.06. The van der Waals surface area contributed by atoms with Crippen molar-refractivity contribution in [1.82, 2.24) is 18.9 Å². The van der Waals surface area contributed by atoms with E-state index in [0.717, 1.165) is 8.28 Å². The van der Waals surface area contributed by atoms with Crippen molar-refractivity contribution in [3.8, 4) is 0 Å². The molecule has 0 saturated heterocycles. The quantitative estimate of drug-likeness (QED) is 0.440. The molecule has 2 amide bonds. The Labute approximate surface area is 186 Å². The van der Waals surface area contributed by atoms with Gasteiger partial charge in [0.1, 0.15) is 5.70 Å². The van der Waals surface area contributed by atoms with Gasteiger partial charge in [0.25, 0.3) is 11.8 Å². The number of benzene rings is 2. The number of amides is 2. The zero-order valence-electron chi connectivity index (χ0n) is 17.6. The molecular weight excluding hydrogens is 432 g/mol. The molecule has 0 bridgehead atoms. The lowest BCUT2D eigenvalue weighted by Crippen LogP contribution is -2.36. The molecule has 3 rings (SSSR count). The molecule has 0 radical (unpaired) electrons. The largest absolute Gasteiger partial charge is 0.395 e. The van der Waals surface area contributed by atoms with Gasteiger partial charge in [0, 0.05) is 43.4 Å². The molecule has 0 aliphatic heterocycles. The first-order valence-corrected chi connectivity index (χ1v) is 11.2. The molecule has 1 heterocycles. The van der Waals surface area contributed by atoms with E-state index in [0.29, 0.717) is 22.0 Å². The van der Waals surface area contributed by atoms with Crippen LogP contribution in [-0.2, 0) is 15.0 Å². The van der Waals surface area contributed by atoms with Crippen molar-refractivity contribution in [1.29, 1.82) is 0 Å². The van der Waals surface area contributed by atoms with Crippen LogP contribution in [0.1, 0.15) is 15.9 Å². The van der Waals surface area contributed by atoms with Crippen LogP contribution in [0.3, 0.4) is 0 Å². The lowest BCUT2D eigenvalue weighted by atomic mass is 10.1. The lowest BCUT2D eigenvalue weighted by molar-refractivity contribution is -0.117. The third-order valence-electron chi connectivity index (χ3n) is 4.64. The molecule has 0 atom stereocenters. The number of aliphatic hydroxyl groups is 1. The number of nitrogens with zero attached hydrogens (tertiary/aromatic N) is 2. The molecule has 0 saturated carbocycles. The number of aliphatic hydroxyl groups excluding tert-OH is 1. The van der Waals surface area contributed by atoms with E-state index >= 15 is 0 Å². The van der Waals surface area contributed by atoms with Gasteiger partial charge in [-0.3, -0.25) is 9.59 Å². The van der Waals surface area contributed by atoms with Gasteiger partial charge in [0.2, 0.25) is 0 Å². The average molecular weight is 457 g/mol. The van der Waals surface area contributed by atoms with E-state index < -0.39 is 22.0 Å². The van der Waals surface area contributed by atoms with Gasteiger partial charge in [-0.15, -0.1) is 0 Å². The zero-order valence-corrected chi connectivity index (χ0v) is 18.5. The number of carbonyl (C=O) groups excluding carboxylic acids is 2. The summed E-state index contributed by atoms with van der Waals surface area (Å²) >= 11 is 0. The van der Waals surface area contributed by atoms with Crippen molar-refractivity contribution in [3.63, 3.8) is 0 Å². The van der Waals surface area contributed by atoms with Crippen molar-refractivity contribution < 1.29 is 23.1 Å². The van der Waals surface area contributed by atoms with Crippen LogP contribution in [0, 0.1) is 0 Å². The number of hydrogen-bond donors (Lipinski definition) is 3. The van der Waals surface area contributed by atoms with E-state index in [1.807, 2.05) is 0 Å². The summed E-state index contributed by atoms with van der Waals surface area (Å²) < 4.78 is 27.8. The first-order valence-electron chi connectivity index (χ1n) is 9.76. The Bertz CT molecular complexity index is 1260. The van der Waals surface area contributed by atoms with Crippen LogP contribution < -0.4 is 10.6 Å². The maximum absolute atomic E-state index is 12.8. The van der Waals surface area contributed by atoms with Crippen molar-refractivity contribution in [2.75, 3.05) is 27.2 Å². The second kappa shape index (κ2) is 9.77. The van der Waals surface area contributed by atoms with Crippen molar-refractivity contribution in [3.05, 3.63) is 77.6 Å². The number of aromatic nitrogens is 1. The van der Waals surface area contributed by atoms with Crippen LogP contribution in [-0.4, -0.2) is 60.9 Å². The molecule has 3 aromatic rings. The predicted octanol–water partition coefficient (Wildman–Crippen LogP) is 1.18. The molecule has 3 N–H and O–H groups in total. The summed E-state index contributed by atoms with van der Waals surface area (Å²) in [4.78, 5) is 25.3. The van der Waals surface area contributed by atoms with Crippen LogP contribution in [0.15, 0.2) is 66.5 Å². The molecule has 1 aromatic heterocycles. The minimum Gasteiger partial charge on any atom is -0.395 e. The van der Waals surface area contributed by atoms with E-state index in [-0.39, 0.29) is 18.8 Å². The Morgan fingerprint density at radius 3 is 2.38 bits per heavy atom. The summed E-state index contributed by atoms with van der Waals surface area (Å²) in [5, 5.41) is 14.7. The minimum atomic E-state index is -3.82. The third-order valence-corrected chi connectivity index (χ3v) is 6.37. The number of carbonyl (C=O) groups is 2. The minimum absolute atomic E-state index is 0.00580. The summed E-state index contributed by atoms with van der Waals surface area (Å²) in [6.45, 7) is -0.278. The van der Waals surface area contributed by atoms with Crippen LogP contribution in [0.5, 0.6) is 0 Å². The molecule has 2 aromatic carbocycles. The molecule has 9 nitrogen and oxygen atoms in total. The monoisotopic (exact) mass is 456 g/mol. The molecule has 0 aliphatic rings. The second-order valence-electron chi connectivity index (χ2n) is 7.05. The molecule has 0 fully saturated rings. The van der Waals surface area contributed by atoms with E-state index in [2.05, 4.69) is 10.6 Å². The molecular formula is C22H24N4O5S. The van der Waals surface area contributed by atoms with Gasteiger partial charge in [0.05, 0.1) is 12.1 Å². The van der Waals surface area contributed by atoms with Crippen LogP contribution in [0.25, 0.3) is 17.0 Å². The smallest absolute Gasteiger partial charge is 0.307 e. The van der Waals surface area contributed by atoms with Crippen molar-refractivity contribution in [2.45, 2.75) is 0 Å². The van der Waals surface area contributed by atoms with Gasteiger partial charge < -0.3 is 15.7 Å². The molecule has 0 spiro atoms. The van der Waals surface area contributed by atoms with Gasteiger partial charge in [-0.05, 0) is 24.3 Å². The van der Waals surface area contributed by atoms with Gasteiger partial charge in [-0.1, -0.05) is 36.4 Å². The molecule has 0 aliphatic carbocycles. The number of para-hydroxylation sites is 1. The number of fused-ring (bicyclic) bond motifs is 1. The Kier molecular flexibility index (Phi) is 7.08. The Hall–Kier alpha value is -3.47. The first kappa shape index (κ1) is 23.2. The van der Waals surface area contributed by atoms with Gasteiger partial charge in [-0.2, -0.15) is 12.7 Å². The number of nitrogens with one attached hydrogen (secondary N) is 2. The van der Waals surface area contributed by atoms with Crippen molar-refractivity contribution >= 4 is 39.0 Å². The maximum Gasteiger partial charge on any atom is 0.307 e. The predicted molar refractivity (Wildman–Crippen MR) is 122 cm³/mol. The topological polar surface area (TPSA) is 121 Å². The highest BCUT2D eigenvalue weighted by molar-refractivity contribution is 7.87. The summed E-state index contributed by atoms with van der Waals surface area (Å²) in [5.41, 5.74) is 1.12. The van der Waals surface area contributed by atoms with Gasteiger partial charge >= 0.3 is 10.2 Å². The molecule has 168 valence electrons. The Balaban J connectivity index is 2.10. The SMILES string of the molecule is CN(C)S(=O)(=O)n1cc(C=C(NC(=O)c2ccccc2)C(=O)NCCO)c2ccccc21. The standard InChI is InChI=1S/C22H24N4O5S/c1-25(2)32(30,31)26-15-17(18-10-6-7-11-20(18)26)14-19(22(29)23-12-13-27)24-21(28)16-8-4-3-5-9-16/h3-11,14-15,27H,12-13H2,1-2H3,(H,23,29)(H,24,28). The Morgan fingerprint density at radius 1 is 1.06 bits per heavy atom. The normalized spacial score (nSPS) is 12.2. The molecule has 32 heavy (non-hydrogen) atoms. The summed E-state index contributed by atoms with van der Waals surface area (Å²) in [7, 11) is -0.971. The summed E-state index contributed by atoms with van der Waals surface area (Å²) in [6, 6.07) is 15.2. The van der Waals surface area contributed by atoms with Gasteiger partial charge in [0.15, 0.2) is 0 Å². The van der Waals surface area contributed by atoms with Crippen molar-refractivity contribution in [2.24, 2.45) is 0 Å². The van der Waals surface area contributed by atoms with E-state index in [4.69, 9.17) is 5.11 Å². The van der Waals surface area contributed by atoms with E-state index in [9.17, 15) is 18.0 Å². The van der Waals surface area contributed by atoms with Crippen LogP contribution in [0.2, 0.25) is 0 Å². The summed E-state index contributed by atoms with van der Waals surface area (Å²) in [6.07, 6.45) is 2.81. The highest BCUT2D eigenvalue weighted by atomic mass is 32.2.